The van der Waals surface area contributed by atoms with Crippen LogP contribution in [0, 0.1) is 0 Å². The van der Waals surface area contributed by atoms with Crippen molar-refractivity contribution in [1.82, 2.24) is 4.90 Å². The molecule has 2 saturated heterocycles. The number of carbonyl (C=O) groups is 1. The Hall–Kier alpha value is -2.69. The fourth-order valence-corrected chi connectivity index (χ4v) is 5.04. The number of anilines is 1. The molecule has 176 valence electrons. The second kappa shape index (κ2) is 8.58. The predicted molar refractivity (Wildman–Crippen MR) is 118 cm³/mol. The fourth-order valence-electron chi connectivity index (χ4n) is 5.04. The van der Waals surface area contributed by atoms with Crippen molar-refractivity contribution < 1.29 is 34.7 Å². The molecule has 9 heteroatoms. The van der Waals surface area contributed by atoms with E-state index in [1.807, 2.05) is 18.2 Å². The van der Waals surface area contributed by atoms with Gasteiger partial charge in [-0.05, 0) is 48.4 Å². The van der Waals surface area contributed by atoms with Gasteiger partial charge in [-0.15, -0.1) is 0 Å². The van der Waals surface area contributed by atoms with Gasteiger partial charge < -0.3 is 39.7 Å². The largest absolute Gasteiger partial charge is 0.479 e. The topological polar surface area (TPSA) is 123 Å². The van der Waals surface area contributed by atoms with Crippen LogP contribution in [-0.4, -0.2) is 88.7 Å². The number of carboxylic acids is 1. The molecule has 33 heavy (non-hydrogen) atoms. The summed E-state index contributed by atoms with van der Waals surface area (Å²) in [4.78, 5) is 16.1. The number of likely N-dealkylation sites (N-methyl/N-ethyl adjacent to an activating group) is 1. The summed E-state index contributed by atoms with van der Waals surface area (Å²) in [7, 11) is 2.12. The van der Waals surface area contributed by atoms with Gasteiger partial charge in [-0.2, -0.15) is 0 Å². The van der Waals surface area contributed by atoms with Crippen LogP contribution in [0.4, 0.5) is 5.69 Å². The Morgan fingerprint density at radius 2 is 1.82 bits per heavy atom. The lowest BCUT2D eigenvalue weighted by Crippen LogP contribution is -2.61. The Bertz CT molecular complexity index is 1050. The summed E-state index contributed by atoms with van der Waals surface area (Å²) in [6.45, 7) is 2.79. The van der Waals surface area contributed by atoms with E-state index in [-0.39, 0.29) is 6.04 Å². The molecular weight excluding hydrogens is 428 g/mol. The molecule has 0 aliphatic carbocycles. The molecule has 0 amide bonds. The van der Waals surface area contributed by atoms with Crippen molar-refractivity contribution in [2.24, 2.45) is 0 Å². The van der Waals surface area contributed by atoms with Crippen LogP contribution in [0.1, 0.15) is 22.7 Å². The Morgan fingerprint density at radius 3 is 2.61 bits per heavy atom. The summed E-state index contributed by atoms with van der Waals surface area (Å²) in [5.41, 5.74) is 4.70. The first-order valence-corrected chi connectivity index (χ1v) is 11.1. The SMILES string of the molecule is CN1CCN2c3ccccc3Cc3cc(O[C@@H]4O[C@H](C(=O)O)[C@@H](O)[C@H](O)[C@H]4O)ccc3C2C1. The standard InChI is InChI=1S/C24H28N2O7/c1-25-8-9-26-17-5-3-2-4-13(17)10-14-11-15(6-7-16(14)18(26)12-25)32-24-21(29)19(27)20(28)22(33-24)23(30)31/h2-7,11,18-22,24,27-29H,8-10,12H2,1H3,(H,30,31)/t18?,19-,20-,21+,22-,24+/m0/s1. The number of para-hydroxylation sites is 1. The molecule has 2 aromatic carbocycles. The van der Waals surface area contributed by atoms with Crippen LogP contribution >= 0.6 is 0 Å². The van der Waals surface area contributed by atoms with Gasteiger partial charge in [0.1, 0.15) is 24.1 Å². The third-order valence-electron chi connectivity index (χ3n) is 6.80. The Kier molecular flexibility index (Phi) is 5.75. The van der Waals surface area contributed by atoms with Gasteiger partial charge in [-0.3, -0.25) is 0 Å². The van der Waals surface area contributed by atoms with Gasteiger partial charge in [0.25, 0.3) is 0 Å². The second-order valence-corrected chi connectivity index (χ2v) is 8.99. The summed E-state index contributed by atoms with van der Waals surface area (Å²) in [5.74, 6) is -1.05. The van der Waals surface area contributed by atoms with Crippen molar-refractivity contribution in [3.63, 3.8) is 0 Å². The highest BCUT2D eigenvalue weighted by Gasteiger charge is 2.48. The van der Waals surface area contributed by atoms with Gasteiger partial charge in [0.05, 0.1) is 6.04 Å². The minimum Gasteiger partial charge on any atom is -0.479 e. The highest BCUT2D eigenvalue weighted by molar-refractivity contribution is 5.73. The van der Waals surface area contributed by atoms with Gasteiger partial charge >= 0.3 is 5.97 Å². The number of fused-ring (bicyclic) bond motifs is 5. The molecule has 3 aliphatic heterocycles. The van der Waals surface area contributed by atoms with E-state index in [1.54, 1.807) is 6.07 Å². The minimum absolute atomic E-state index is 0.182. The van der Waals surface area contributed by atoms with E-state index < -0.39 is 36.7 Å². The first-order valence-electron chi connectivity index (χ1n) is 11.1. The maximum absolute atomic E-state index is 11.4. The maximum atomic E-state index is 11.4. The van der Waals surface area contributed by atoms with Gasteiger partial charge in [0.15, 0.2) is 6.10 Å². The smallest absolute Gasteiger partial charge is 0.335 e. The number of carboxylic acid groups (broad SMARTS) is 1. The third kappa shape index (κ3) is 3.96. The van der Waals surface area contributed by atoms with Crippen LogP contribution in [0.3, 0.4) is 0 Å². The maximum Gasteiger partial charge on any atom is 0.335 e. The number of piperazine rings is 1. The molecule has 6 atom stereocenters. The zero-order valence-corrected chi connectivity index (χ0v) is 18.2. The Morgan fingerprint density at radius 1 is 1.03 bits per heavy atom. The van der Waals surface area contributed by atoms with Crippen molar-refractivity contribution in [2.45, 2.75) is 43.2 Å². The third-order valence-corrected chi connectivity index (χ3v) is 6.80. The average Bonchev–Trinajstić information content (AvgIpc) is 2.93. The second-order valence-electron chi connectivity index (χ2n) is 8.99. The first kappa shape index (κ1) is 22.1. The fraction of sp³-hybridized carbons (Fsp3) is 0.458. The number of hydrogen-bond acceptors (Lipinski definition) is 8. The quantitative estimate of drug-likeness (QED) is 0.518. The molecule has 0 radical (unpaired) electrons. The predicted octanol–water partition coefficient (Wildman–Crippen LogP) is 0.355. The van der Waals surface area contributed by atoms with Crippen LogP contribution in [0.15, 0.2) is 42.5 Å². The molecule has 2 fully saturated rings. The molecule has 3 aliphatic rings. The van der Waals surface area contributed by atoms with Crippen molar-refractivity contribution in [2.75, 3.05) is 31.6 Å². The molecule has 9 nitrogen and oxygen atoms in total. The summed E-state index contributed by atoms with van der Waals surface area (Å²) >= 11 is 0. The number of ether oxygens (including phenoxy) is 2. The van der Waals surface area contributed by atoms with Crippen LogP contribution < -0.4 is 9.64 Å². The molecule has 0 bridgehead atoms. The van der Waals surface area contributed by atoms with E-state index in [0.717, 1.165) is 25.2 Å². The van der Waals surface area contributed by atoms with Crippen LogP contribution in [0.2, 0.25) is 0 Å². The molecule has 5 rings (SSSR count). The number of aliphatic hydroxyl groups excluding tert-OH is 3. The van der Waals surface area contributed by atoms with Crippen molar-refractivity contribution in [3.05, 3.63) is 59.2 Å². The number of aliphatic carboxylic acids is 1. The van der Waals surface area contributed by atoms with E-state index >= 15 is 0 Å². The zero-order valence-electron chi connectivity index (χ0n) is 18.2. The highest BCUT2D eigenvalue weighted by atomic mass is 16.7. The van der Waals surface area contributed by atoms with Gasteiger partial charge in [0, 0.05) is 25.3 Å². The summed E-state index contributed by atoms with van der Waals surface area (Å²) in [6.07, 6.45) is -7.49. The number of aliphatic hydroxyl groups is 3. The lowest BCUT2D eigenvalue weighted by Gasteiger charge is -2.42. The van der Waals surface area contributed by atoms with Crippen molar-refractivity contribution in [3.8, 4) is 5.75 Å². The van der Waals surface area contributed by atoms with E-state index in [1.165, 1.54) is 16.8 Å². The molecule has 0 aromatic heterocycles. The van der Waals surface area contributed by atoms with E-state index in [2.05, 4.69) is 35.0 Å². The van der Waals surface area contributed by atoms with E-state index in [0.29, 0.717) is 12.2 Å². The lowest BCUT2D eigenvalue weighted by molar-refractivity contribution is -0.271. The van der Waals surface area contributed by atoms with Crippen molar-refractivity contribution in [1.29, 1.82) is 0 Å². The monoisotopic (exact) mass is 456 g/mol. The molecule has 2 aromatic rings. The van der Waals surface area contributed by atoms with Crippen LogP contribution in [0.5, 0.6) is 5.75 Å². The molecule has 0 saturated carbocycles. The van der Waals surface area contributed by atoms with E-state index in [9.17, 15) is 25.2 Å². The van der Waals surface area contributed by atoms with Gasteiger partial charge in [-0.25, -0.2) is 4.79 Å². The first-order chi connectivity index (χ1) is 15.8. The molecule has 0 spiro atoms. The molecule has 1 unspecified atom stereocenters. The molecular formula is C24H28N2O7. The minimum atomic E-state index is -1.75. The Labute approximate surface area is 191 Å². The summed E-state index contributed by atoms with van der Waals surface area (Å²) in [5, 5.41) is 39.5. The average molecular weight is 456 g/mol. The molecule has 4 N–H and O–H groups in total. The summed E-state index contributed by atoms with van der Waals surface area (Å²) in [6, 6.07) is 14.2. The van der Waals surface area contributed by atoms with E-state index in [4.69, 9.17) is 9.47 Å². The van der Waals surface area contributed by atoms with Crippen molar-refractivity contribution >= 4 is 11.7 Å². The van der Waals surface area contributed by atoms with Gasteiger partial charge in [0.2, 0.25) is 6.29 Å². The normalized spacial score (nSPS) is 31.7. The van der Waals surface area contributed by atoms with Gasteiger partial charge in [-0.1, -0.05) is 24.3 Å². The lowest BCUT2D eigenvalue weighted by atomic mass is 9.95. The number of nitrogens with zero attached hydrogens (tertiary/aromatic N) is 2. The summed E-state index contributed by atoms with van der Waals surface area (Å²) < 4.78 is 11.1. The Balaban J connectivity index is 1.46. The molecule has 3 heterocycles. The van der Waals surface area contributed by atoms with Crippen LogP contribution in [0.25, 0.3) is 0 Å². The zero-order chi connectivity index (χ0) is 23.3. The number of hydrogen-bond donors (Lipinski definition) is 4. The number of rotatable bonds is 3. The highest BCUT2D eigenvalue weighted by Crippen LogP contribution is 2.40. The number of benzene rings is 2. The van der Waals surface area contributed by atoms with Crippen LogP contribution in [-0.2, 0) is 16.0 Å².